The lowest BCUT2D eigenvalue weighted by Crippen LogP contribution is -2.37. The molecule has 3 rings (SSSR count). The van der Waals surface area contributed by atoms with E-state index in [0.717, 1.165) is 18.9 Å². The summed E-state index contributed by atoms with van der Waals surface area (Å²) in [6.45, 7) is 0.910. The number of ether oxygens (including phenoxy) is 1. The van der Waals surface area contributed by atoms with Crippen LogP contribution in [-0.4, -0.2) is 32.9 Å². The minimum absolute atomic E-state index is 0.0233. The van der Waals surface area contributed by atoms with E-state index in [1.165, 1.54) is 29.1 Å². The van der Waals surface area contributed by atoms with Gasteiger partial charge in [0.25, 0.3) is 0 Å². The number of piperidine rings is 1. The van der Waals surface area contributed by atoms with E-state index in [9.17, 15) is 12.8 Å². The summed E-state index contributed by atoms with van der Waals surface area (Å²) in [5.74, 6) is -0.220. The van der Waals surface area contributed by atoms with Gasteiger partial charge in [0.1, 0.15) is 0 Å². The van der Waals surface area contributed by atoms with Gasteiger partial charge in [-0.3, -0.25) is 0 Å². The summed E-state index contributed by atoms with van der Waals surface area (Å²) >= 11 is 1.66. The zero-order valence-electron chi connectivity index (χ0n) is 12.7. The van der Waals surface area contributed by atoms with Gasteiger partial charge < -0.3 is 4.74 Å². The van der Waals surface area contributed by atoms with Crippen LogP contribution in [0.4, 0.5) is 4.39 Å². The molecule has 1 aliphatic heterocycles. The fourth-order valence-electron chi connectivity index (χ4n) is 2.89. The van der Waals surface area contributed by atoms with Crippen molar-refractivity contribution < 1.29 is 17.5 Å². The molecular weight excluding hydrogens is 337 g/mol. The number of methoxy groups -OCH3 is 1. The van der Waals surface area contributed by atoms with Crippen molar-refractivity contribution in [3.05, 3.63) is 46.4 Å². The number of halogens is 1. The third kappa shape index (κ3) is 3.27. The van der Waals surface area contributed by atoms with Gasteiger partial charge in [0.15, 0.2) is 11.6 Å². The normalized spacial score (nSPS) is 17.3. The van der Waals surface area contributed by atoms with Crippen LogP contribution in [0.15, 0.2) is 39.9 Å². The van der Waals surface area contributed by atoms with Gasteiger partial charge in [0.05, 0.1) is 12.0 Å². The van der Waals surface area contributed by atoms with Crippen LogP contribution < -0.4 is 4.74 Å². The maximum atomic E-state index is 13.8. The molecule has 0 saturated carbocycles. The van der Waals surface area contributed by atoms with Gasteiger partial charge in [-0.25, -0.2) is 12.8 Å². The molecule has 2 aromatic rings. The Labute approximate surface area is 139 Å². The molecule has 0 aliphatic carbocycles. The van der Waals surface area contributed by atoms with E-state index in [1.807, 2.05) is 5.38 Å². The Morgan fingerprint density at radius 3 is 2.57 bits per heavy atom. The summed E-state index contributed by atoms with van der Waals surface area (Å²) < 4.78 is 45.4. The predicted octanol–water partition coefficient (Wildman–Crippen LogP) is 3.46. The van der Waals surface area contributed by atoms with E-state index in [-0.39, 0.29) is 10.6 Å². The molecule has 1 fully saturated rings. The van der Waals surface area contributed by atoms with Gasteiger partial charge in [-0.05, 0) is 59.3 Å². The smallest absolute Gasteiger partial charge is 0.243 e. The van der Waals surface area contributed by atoms with Crippen LogP contribution in [0.5, 0.6) is 5.75 Å². The largest absolute Gasteiger partial charge is 0.494 e. The second kappa shape index (κ2) is 6.59. The summed E-state index contributed by atoms with van der Waals surface area (Å²) in [7, 11) is -2.31. The molecule has 0 amide bonds. The molecule has 4 nitrogen and oxygen atoms in total. The van der Waals surface area contributed by atoms with Crippen molar-refractivity contribution in [2.24, 2.45) is 0 Å². The highest BCUT2D eigenvalue weighted by molar-refractivity contribution is 7.89. The predicted molar refractivity (Wildman–Crippen MR) is 88.0 cm³/mol. The van der Waals surface area contributed by atoms with E-state index in [1.54, 1.807) is 11.3 Å². The third-order valence-corrected chi connectivity index (χ3v) is 6.83. The molecule has 0 unspecified atom stereocenters. The first-order chi connectivity index (χ1) is 11.0. The number of sulfonamides is 1. The zero-order valence-corrected chi connectivity index (χ0v) is 14.4. The molecule has 0 N–H and O–H groups in total. The first-order valence-electron chi connectivity index (χ1n) is 7.38. The topological polar surface area (TPSA) is 46.6 Å². The number of benzene rings is 1. The molecule has 0 atom stereocenters. The lowest BCUT2D eigenvalue weighted by Gasteiger charge is -2.31. The van der Waals surface area contributed by atoms with E-state index < -0.39 is 15.8 Å². The van der Waals surface area contributed by atoms with E-state index in [2.05, 4.69) is 11.4 Å². The monoisotopic (exact) mass is 355 g/mol. The van der Waals surface area contributed by atoms with Gasteiger partial charge in [-0.15, -0.1) is 0 Å². The van der Waals surface area contributed by atoms with Crippen LogP contribution in [0.3, 0.4) is 0 Å². The average molecular weight is 355 g/mol. The third-order valence-electron chi connectivity index (χ3n) is 4.23. The van der Waals surface area contributed by atoms with Crippen LogP contribution in [-0.2, 0) is 10.0 Å². The lowest BCUT2D eigenvalue weighted by molar-refractivity contribution is 0.319. The number of rotatable bonds is 4. The number of nitrogens with zero attached hydrogens (tertiary/aromatic N) is 1. The molecule has 0 spiro atoms. The van der Waals surface area contributed by atoms with Crippen molar-refractivity contribution in [3.8, 4) is 5.75 Å². The standard InChI is InChI=1S/C16H18FNO3S2/c1-21-16-3-2-14(10-15(16)17)23(19,20)18-7-4-12(5-8-18)13-6-9-22-11-13/h2-3,6,9-12H,4-5,7-8H2,1H3. The van der Waals surface area contributed by atoms with Crippen LogP contribution in [0.25, 0.3) is 0 Å². The number of hydrogen-bond donors (Lipinski definition) is 0. The summed E-state index contributed by atoms with van der Waals surface area (Å²) in [4.78, 5) is -0.0233. The molecule has 0 radical (unpaired) electrons. The molecule has 1 aromatic heterocycles. The summed E-state index contributed by atoms with van der Waals surface area (Å²) in [6, 6.07) is 5.86. The Kier molecular flexibility index (Phi) is 4.70. The van der Waals surface area contributed by atoms with Gasteiger partial charge >= 0.3 is 0 Å². The van der Waals surface area contributed by atoms with E-state index >= 15 is 0 Å². The van der Waals surface area contributed by atoms with Crippen LogP contribution in [0.1, 0.15) is 24.3 Å². The molecule has 7 heteroatoms. The minimum atomic E-state index is -3.66. The quantitative estimate of drug-likeness (QED) is 0.844. The SMILES string of the molecule is COc1ccc(S(=O)(=O)N2CCC(c3ccsc3)CC2)cc1F. The van der Waals surface area contributed by atoms with Gasteiger partial charge in [-0.1, -0.05) is 0 Å². The van der Waals surface area contributed by atoms with Crippen molar-refractivity contribution in [1.29, 1.82) is 0 Å². The first kappa shape index (κ1) is 16.4. The van der Waals surface area contributed by atoms with Gasteiger partial charge in [0.2, 0.25) is 10.0 Å². The molecule has 1 aromatic carbocycles. The number of hydrogen-bond acceptors (Lipinski definition) is 4. The maximum absolute atomic E-state index is 13.8. The molecule has 124 valence electrons. The molecule has 23 heavy (non-hydrogen) atoms. The number of thiophene rings is 1. The summed E-state index contributed by atoms with van der Waals surface area (Å²) in [5, 5.41) is 4.16. The summed E-state index contributed by atoms with van der Waals surface area (Å²) in [6.07, 6.45) is 1.57. The van der Waals surface area contributed by atoms with Crippen molar-refractivity contribution >= 4 is 21.4 Å². The van der Waals surface area contributed by atoms with E-state index in [0.29, 0.717) is 19.0 Å². The lowest BCUT2D eigenvalue weighted by atomic mass is 9.92. The van der Waals surface area contributed by atoms with Crippen molar-refractivity contribution in [2.75, 3.05) is 20.2 Å². The van der Waals surface area contributed by atoms with Crippen LogP contribution in [0, 0.1) is 5.82 Å². The molecule has 1 aliphatic rings. The molecule has 1 saturated heterocycles. The highest BCUT2D eigenvalue weighted by Gasteiger charge is 2.30. The highest BCUT2D eigenvalue weighted by atomic mass is 32.2. The summed E-state index contributed by atoms with van der Waals surface area (Å²) in [5.41, 5.74) is 1.28. The first-order valence-corrected chi connectivity index (χ1v) is 9.76. The fraction of sp³-hybridized carbons (Fsp3) is 0.375. The molecule has 0 bridgehead atoms. The van der Waals surface area contributed by atoms with Gasteiger partial charge in [-0.2, -0.15) is 15.6 Å². The molecule has 2 heterocycles. The fourth-order valence-corrected chi connectivity index (χ4v) is 5.12. The van der Waals surface area contributed by atoms with Crippen molar-refractivity contribution in [2.45, 2.75) is 23.7 Å². The van der Waals surface area contributed by atoms with Crippen molar-refractivity contribution in [1.82, 2.24) is 4.31 Å². The van der Waals surface area contributed by atoms with Crippen molar-refractivity contribution in [3.63, 3.8) is 0 Å². The van der Waals surface area contributed by atoms with E-state index in [4.69, 9.17) is 4.74 Å². The second-order valence-corrected chi connectivity index (χ2v) is 8.25. The Morgan fingerprint density at radius 2 is 2.00 bits per heavy atom. The highest BCUT2D eigenvalue weighted by Crippen LogP contribution is 2.32. The Morgan fingerprint density at radius 1 is 1.26 bits per heavy atom. The Bertz CT molecular complexity index is 767. The Balaban J connectivity index is 1.75. The van der Waals surface area contributed by atoms with Crippen LogP contribution >= 0.6 is 11.3 Å². The Hall–Kier alpha value is -1.44. The van der Waals surface area contributed by atoms with Gasteiger partial charge in [0, 0.05) is 13.1 Å². The second-order valence-electron chi connectivity index (χ2n) is 5.53. The molecular formula is C16H18FNO3S2. The maximum Gasteiger partial charge on any atom is 0.243 e. The van der Waals surface area contributed by atoms with Crippen LogP contribution in [0.2, 0.25) is 0 Å². The average Bonchev–Trinajstić information content (AvgIpc) is 3.09. The minimum Gasteiger partial charge on any atom is -0.494 e. The zero-order chi connectivity index (χ0) is 16.4.